The van der Waals surface area contributed by atoms with Gasteiger partial charge in [0.25, 0.3) is 0 Å². The number of rotatable bonds is 4. The second-order valence-electron chi connectivity index (χ2n) is 4.19. The molecule has 17 heavy (non-hydrogen) atoms. The minimum atomic E-state index is 0.380. The SMILES string of the molecule is CCNCc1nc(C2CSC(C)C(C)S2)no1. The molecule has 1 aliphatic rings. The Balaban J connectivity index is 1.95. The van der Waals surface area contributed by atoms with Crippen molar-refractivity contribution in [3.05, 3.63) is 11.7 Å². The maximum Gasteiger partial charge on any atom is 0.240 e. The van der Waals surface area contributed by atoms with Gasteiger partial charge >= 0.3 is 0 Å². The predicted molar refractivity (Wildman–Crippen MR) is 73.4 cm³/mol. The molecule has 1 aromatic rings. The van der Waals surface area contributed by atoms with E-state index in [1.54, 1.807) is 0 Å². The van der Waals surface area contributed by atoms with Gasteiger partial charge in [-0.05, 0) is 6.54 Å². The zero-order valence-electron chi connectivity index (χ0n) is 10.5. The van der Waals surface area contributed by atoms with Crippen molar-refractivity contribution in [2.75, 3.05) is 12.3 Å². The molecule has 1 aromatic heterocycles. The van der Waals surface area contributed by atoms with E-state index in [1.165, 1.54) is 0 Å². The first kappa shape index (κ1) is 13.2. The molecular weight excluding hydrogens is 254 g/mol. The Morgan fingerprint density at radius 3 is 2.94 bits per heavy atom. The summed E-state index contributed by atoms with van der Waals surface area (Å²) in [6, 6.07) is 0. The molecule has 2 rings (SSSR count). The second kappa shape index (κ2) is 6.11. The van der Waals surface area contributed by atoms with Crippen LogP contribution in [-0.2, 0) is 6.54 Å². The summed E-state index contributed by atoms with van der Waals surface area (Å²) in [5.41, 5.74) is 0. The first-order valence-corrected chi connectivity index (χ1v) is 8.00. The highest BCUT2D eigenvalue weighted by molar-refractivity contribution is 8.07. The maximum atomic E-state index is 5.24. The van der Waals surface area contributed by atoms with Crippen molar-refractivity contribution in [1.82, 2.24) is 15.5 Å². The van der Waals surface area contributed by atoms with Gasteiger partial charge in [-0.1, -0.05) is 25.9 Å². The molecule has 1 fully saturated rings. The molecule has 1 N–H and O–H groups in total. The van der Waals surface area contributed by atoms with Crippen LogP contribution in [0.1, 0.15) is 37.7 Å². The molecule has 0 aliphatic carbocycles. The van der Waals surface area contributed by atoms with Crippen molar-refractivity contribution in [3.63, 3.8) is 0 Å². The highest BCUT2D eigenvalue weighted by Gasteiger charge is 2.29. The minimum Gasteiger partial charge on any atom is -0.338 e. The summed E-state index contributed by atoms with van der Waals surface area (Å²) in [7, 11) is 0. The zero-order chi connectivity index (χ0) is 12.3. The predicted octanol–water partition coefficient (Wildman–Crippen LogP) is 2.48. The van der Waals surface area contributed by atoms with E-state index in [0.717, 1.165) is 18.1 Å². The van der Waals surface area contributed by atoms with Crippen LogP contribution in [0, 0.1) is 0 Å². The zero-order valence-corrected chi connectivity index (χ0v) is 12.1. The molecule has 0 bridgehead atoms. The Kier molecular flexibility index (Phi) is 4.76. The van der Waals surface area contributed by atoms with Crippen LogP contribution in [0.15, 0.2) is 4.52 Å². The fourth-order valence-electron chi connectivity index (χ4n) is 1.62. The van der Waals surface area contributed by atoms with Crippen LogP contribution >= 0.6 is 23.5 Å². The average molecular weight is 273 g/mol. The minimum absolute atomic E-state index is 0.380. The molecule has 1 aliphatic heterocycles. The standard InChI is InChI=1S/C11H19N3OS2/c1-4-12-5-10-13-11(14-15-10)9-6-16-7(2)8(3)17-9/h7-9,12H,4-6H2,1-3H3. The van der Waals surface area contributed by atoms with Crippen molar-refractivity contribution < 1.29 is 4.52 Å². The number of hydrogen-bond acceptors (Lipinski definition) is 6. The van der Waals surface area contributed by atoms with Gasteiger partial charge in [-0.3, -0.25) is 0 Å². The summed E-state index contributed by atoms with van der Waals surface area (Å²) in [5.74, 6) is 2.63. The average Bonchev–Trinajstić information content (AvgIpc) is 2.79. The van der Waals surface area contributed by atoms with E-state index < -0.39 is 0 Å². The third-order valence-corrected chi connectivity index (χ3v) is 6.24. The number of thioether (sulfide) groups is 2. The summed E-state index contributed by atoms with van der Waals surface area (Å²) >= 11 is 3.96. The quantitative estimate of drug-likeness (QED) is 0.909. The van der Waals surface area contributed by atoms with E-state index in [-0.39, 0.29) is 0 Å². The van der Waals surface area contributed by atoms with Gasteiger partial charge in [0, 0.05) is 16.3 Å². The lowest BCUT2D eigenvalue weighted by Crippen LogP contribution is -2.22. The molecule has 4 nitrogen and oxygen atoms in total. The molecule has 0 spiro atoms. The second-order valence-corrected chi connectivity index (χ2v) is 7.19. The molecule has 0 amide bonds. The van der Waals surface area contributed by atoms with E-state index in [0.29, 0.717) is 28.2 Å². The van der Waals surface area contributed by atoms with Crippen molar-refractivity contribution in [1.29, 1.82) is 0 Å². The fourth-order valence-corrected chi connectivity index (χ4v) is 4.46. The van der Waals surface area contributed by atoms with E-state index in [4.69, 9.17) is 4.52 Å². The monoisotopic (exact) mass is 273 g/mol. The topological polar surface area (TPSA) is 51.0 Å². The normalized spacial score (nSPS) is 29.5. The Morgan fingerprint density at radius 1 is 1.41 bits per heavy atom. The van der Waals surface area contributed by atoms with Crippen molar-refractivity contribution >= 4 is 23.5 Å². The fraction of sp³-hybridized carbons (Fsp3) is 0.818. The summed E-state index contributed by atoms with van der Waals surface area (Å²) in [6.07, 6.45) is 0. The van der Waals surface area contributed by atoms with Crippen LogP contribution < -0.4 is 5.32 Å². The molecule has 0 radical (unpaired) electrons. The first-order valence-electron chi connectivity index (χ1n) is 6.01. The van der Waals surface area contributed by atoms with Gasteiger partial charge in [0.1, 0.15) is 0 Å². The van der Waals surface area contributed by atoms with E-state index in [9.17, 15) is 0 Å². The van der Waals surface area contributed by atoms with Crippen LogP contribution in [0.2, 0.25) is 0 Å². The van der Waals surface area contributed by atoms with Crippen LogP contribution in [0.4, 0.5) is 0 Å². The molecule has 1 saturated heterocycles. The van der Waals surface area contributed by atoms with Gasteiger partial charge in [0.15, 0.2) is 5.82 Å². The third kappa shape index (κ3) is 3.39. The van der Waals surface area contributed by atoms with Crippen LogP contribution in [0.5, 0.6) is 0 Å². The first-order chi connectivity index (χ1) is 8.20. The van der Waals surface area contributed by atoms with Gasteiger partial charge in [0.2, 0.25) is 5.89 Å². The number of aromatic nitrogens is 2. The van der Waals surface area contributed by atoms with Gasteiger partial charge in [-0.25, -0.2) is 0 Å². The number of hydrogen-bond donors (Lipinski definition) is 1. The number of nitrogens with zero attached hydrogens (tertiary/aromatic N) is 2. The van der Waals surface area contributed by atoms with Crippen molar-refractivity contribution in [2.45, 2.75) is 43.1 Å². The molecule has 96 valence electrons. The van der Waals surface area contributed by atoms with Crippen LogP contribution in [0.25, 0.3) is 0 Å². The summed E-state index contributed by atoms with van der Waals surface area (Å²) < 4.78 is 5.24. The lowest BCUT2D eigenvalue weighted by Gasteiger charge is -2.29. The van der Waals surface area contributed by atoms with Gasteiger partial charge in [0.05, 0.1) is 11.8 Å². The summed E-state index contributed by atoms with van der Waals surface area (Å²) in [5, 5.41) is 9.02. The van der Waals surface area contributed by atoms with Crippen LogP contribution in [-0.4, -0.2) is 32.9 Å². The summed E-state index contributed by atoms with van der Waals surface area (Å²) in [4.78, 5) is 4.46. The van der Waals surface area contributed by atoms with E-state index in [1.807, 2.05) is 23.5 Å². The highest BCUT2D eigenvalue weighted by atomic mass is 32.2. The molecule has 0 aromatic carbocycles. The molecule has 3 unspecified atom stereocenters. The smallest absolute Gasteiger partial charge is 0.240 e. The van der Waals surface area contributed by atoms with E-state index in [2.05, 4.69) is 36.2 Å². The Bertz CT molecular complexity index is 358. The van der Waals surface area contributed by atoms with Gasteiger partial charge in [-0.15, -0.1) is 11.8 Å². The Hall–Kier alpha value is -0.200. The maximum absolute atomic E-state index is 5.24. The molecule has 3 atom stereocenters. The van der Waals surface area contributed by atoms with Crippen molar-refractivity contribution in [3.8, 4) is 0 Å². The van der Waals surface area contributed by atoms with Crippen molar-refractivity contribution in [2.24, 2.45) is 0 Å². The van der Waals surface area contributed by atoms with Gasteiger partial charge in [-0.2, -0.15) is 16.7 Å². The lowest BCUT2D eigenvalue weighted by atomic mass is 10.3. The van der Waals surface area contributed by atoms with Gasteiger partial charge < -0.3 is 9.84 Å². The van der Waals surface area contributed by atoms with Crippen LogP contribution in [0.3, 0.4) is 0 Å². The highest BCUT2D eigenvalue weighted by Crippen LogP contribution is 2.43. The third-order valence-electron chi connectivity index (χ3n) is 2.85. The summed E-state index contributed by atoms with van der Waals surface area (Å²) in [6.45, 7) is 8.20. The lowest BCUT2D eigenvalue weighted by molar-refractivity contribution is 0.364. The molecular formula is C11H19N3OS2. The molecule has 2 heterocycles. The Labute approximate surface area is 111 Å². The molecule has 6 heteroatoms. The molecule has 0 saturated carbocycles. The number of nitrogens with one attached hydrogen (secondary N) is 1. The van der Waals surface area contributed by atoms with E-state index >= 15 is 0 Å². The largest absolute Gasteiger partial charge is 0.338 e. The Morgan fingerprint density at radius 2 is 2.24 bits per heavy atom.